The molecule has 0 aliphatic carbocycles. The van der Waals surface area contributed by atoms with Gasteiger partial charge in [-0.2, -0.15) is 0 Å². The summed E-state index contributed by atoms with van der Waals surface area (Å²) in [4.78, 5) is 2.42. The second kappa shape index (κ2) is 12.3. The molecule has 0 fully saturated rings. The van der Waals surface area contributed by atoms with Crippen LogP contribution in [0.2, 0.25) is 0 Å². The molecular weight excluding hydrogens is 641 g/mol. The Balaban J connectivity index is 1.19. The maximum Gasteiger partial charge on any atom is 0.0561 e. The van der Waals surface area contributed by atoms with Gasteiger partial charge < -0.3 is 9.47 Å². The third-order valence-electron chi connectivity index (χ3n) is 11.2. The Labute approximate surface area is 309 Å². The fourth-order valence-corrected chi connectivity index (χ4v) is 8.41. The van der Waals surface area contributed by atoms with Crippen molar-refractivity contribution in [3.63, 3.8) is 0 Å². The van der Waals surface area contributed by atoms with Crippen LogP contribution in [-0.2, 0) is 5.41 Å². The summed E-state index contributed by atoms with van der Waals surface area (Å²) < 4.78 is 2.40. The van der Waals surface area contributed by atoms with Crippen molar-refractivity contribution in [3.05, 3.63) is 205 Å². The Morgan fingerprint density at radius 3 is 1.68 bits per heavy atom. The molecule has 9 aromatic carbocycles. The van der Waals surface area contributed by atoms with E-state index < -0.39 is 0 Å². The first-order valence-corrected chi connectivity index (χ1v) is 18.4. The molecule has 252 valence electrons. The van der Waals surface area contributed by atoms with Crippen molar-refractivity contribution in [1.82, 2.24) is 4.57 Å². The Morgan fingerprint density at radius 2 is 0.906 bits per heavy atom. The number of hydrogen-bond acceptors (Lipinski definition) is 1. The van der Waals surface area contributed by atoms with E-state index in [1.807, 2.05) is 0 Å². The first-order valence-electron chi connectivity index (χ1n) is 18.4. The highest BCUT2D eigenvalue weighted by Crippen LogP contribution is 2.42. The highest BCUT2D eigenvalue weighted by molar-refractivity contribution is 6.20. The van der Waals surface area contributed by atoms with Crippen molar-refractivity contribution in [2.45, 2.75) is 19.3 Å². The maximum absolute atomic E-state index is 2.42. The van der Waals surface area contributed by atoms with Gasteiger partial charge in [-0.15, -0.1) is 0 Å². The molecule has 0 N–H and O–H groups in total. The normalized spacial score (nSPS) is 12.0. The van der Waals surface area contributed by atoms with Crippen LogP contribution in [0.5, 0.6) is 0 Å². The van der Waals surface area contributed by atoms with Crippen LogP contribution in [0.3, 0.4) is 0 Å². The van der Waals surface area contributed by atoms with Crippen LogP contribution in [-0.4, -0.2) is 4.57 Å². The minimum Gasteiger partial charge on any atom is -0.310 e. The molecule has 0 unspecified atom stereocenters. The van der Waals surface area contributed by atoms with Crippen LogP contribution < -0.4 is 4.90 Å². The molecule has 2 heteroatoms. The van der Waals surface area contributed by atoms with E-state index in [1.165, 1.54) is 65.3 Å². The summed E-state index contributed by atoms with van der Waals surface area (Å²) in [7, 11) is 0. The van der Waals surface area contributed by atoms with E-state index in [1.54, 1.807) is 0 Å². The van der Waals surface area contributed by atoms with Crippen molar-refractivity contribution >= 4 is 71.2 Å². The van der Waals surface area contributed by atoms with Crippen LogP contribution >= 0.6 is 0 Å². The van der Waals surface area contributed by atoms with E-state index in [-0.39, 0.29) is 5.41 Å². The molecule has 0 atom stereocenters. The lowest BCUT2D eigenvalue weighted by molar-refractivity contribution is 0.641. The maximum atomic E-state index is 2.42. The molecule has 1 heterocycles. The molecule has 0 saturated heterocycles. The van der Waals surface area contributed by atoms with Crippen LogP contribution in [0.1, 0.15) is 25.0 Å². The molecule has 0 aliphatic rings. The summed E-state index contributed by atoms with van der Waals surface area (Å²) in [5.74, 6) is 0. The number of nitrogens with zero attached hydrogens (tertiary/aromatic N) is 2. The predicted molar refractivity (Wildman–Crippen MR) is 227 cm³/mol. The zero-order valence-corrected chi connectivity index (χ0v) is 29.9. The molecule has 0 saturated carbocycles. The molecule has 0 aliphatic heterocycles. The number of benzene rings is 9. The number of hydrogen-bond donors (Lipinski definition) is 0. The lowest BCUT2D eigenvalue weighted by Gasteiger charge is -2.29. The first-order chi connectivity index (χ1) is 26.0. The third kappa shape index (κ3) is 5.10. The summed E-state index contributed by atoms with van der Waals surface area (Å²) in [6.45, 7) is 4.62. The van der Waals surface area contributed by atoms with Crippen LogP contribution in [0.4, 0.5) is 17.1 Å². The molecule has 0 spiro atoms. The highest BCUT2D eigenvalue weighted by atomic mass is 15.1. The molecule has 0 bridgehead atoms. The van der Waals surface area contributed by atoms with Gasteiger partial charge in [0.25, 0.3) is 0 Å². The van der Waals surface area contributed by atoms with Gasteiger partial charge in [-0.25, -0.2) is 0 Å². The van der Waals surface area contributed by atoms with Crippen molar-refractivity contribution < 1.29 is 0 Å². The van der Waals surface area contributed by atoms with Crippen molar-refractivity contribution in [3.8, 4) is 5.69 Å². The molecule has 0 radical (unpaired) electrons. The van der Waals surface area contributed by atoms with Gasteiger partial charge in [-0.05, 0) is 98.0 Å². The standard InChI is InChI=1S/C51H38N2/c1-51(2,38-14-5-3-6-15-38)39-25-27-41(28-26-39)52(42-29-31-45-37(33-42)24-23-36-22-21-35-13-9-10-18-44(35)50(36)45)43-30-32-47-46-19-11-12-20-48(46)53(49(47)34-43)40-16-7-4-8-17-40/h3-34H,1-2H3. The summed E-state index contributed by atoms with van der Waals surface area (Å²) in [5, 5.41) is 10.1. The zero-order chi connectivity index (χ0) is 35.5. The fraction of sp³-hybridized carbons (Fsp3) is 0.0588. The second-order valence-electron chi connectivity index (χ2n) is 14.6. The molecular formula is C51H38N2. The quantitative estimate of drug-likeness (QED) is 0.159. The average molecular weight is 679 g/mol. The van der Waals surface area contributed by atoms with Crippen molar-refractivity contribution in [2.24, 2.45) is 0 Å². The van der Waals surface area contributed by atoms with Gasteiger partial charge in [0, 0.05) is 38.9 Å². The molecule has 0 amide bonds. The zero-order valence-electron chi connectivity index (χ0n) is 29.9. The molecule has 10 aromatic rings. The van der Waals surface area contributed by atoms with E-state index in [9.17, 15) is 0 Å². The SMILES string of the molecule is CC(C)(c1ccccc1)c1ccc(N(c2ccc3c(ccc4ccc5ccccc5c43)c2)c2ccc3c4ccccc4n(-c4ccccc4)c3c2)cc1. The van der Waals surface area contributed by atoms with E-state index in [4.69, 9.17) is 0 Å². The second-order valence-corrected chi connectivity index (χ2v) is 14.6. The number of anilines is 3. The van der Waals surface area contributed by atoms with E-state index in [0.29, 0.717) is 0 Å². The Kier molecular flexibility index (Phi) is 7.19. The highest BCUT2D eigenvalue weighted by Gasteiger charge is 2.24. The van der Waals surface area contributed by atoms with E-state index in [0.717, 1.165) is 22.7 Å². The number of rotatable bonds is 6. The third-order valence-corrected chi connectivity index (χ3v) is 11.2. The van der Waals surface area contributed by atoms with E-state index >= 15 is 0 Å². The van der Waals surface area contributed by atoms with E-state index in [2.05, 4.69) is 217 Å². The van der Waals surface area contributed by atoms with Crippen LogP contribution in [0, 0.1) is 0 Å². The van der Waals surface area contributed by atoms with Crippen molar-refractivity contribution in [1.29, 1.82) is 0 Å². The van der Waals surface area contributed by atoms with Crippen molar-refractivity contribution in [2.75, 3.05) is 4.90 Å². The number of fused-ring (bicyclic) bond motifs is 8. The van der Waals surface area contributed by atoms with Crippen LogP contribution in [0.25, 0.3) is 59.8 Å². The smallest absolute Gasteiger partial charge is 0.0561 e. The Hall–Kier alpha value is -6.64. The van der Waals surface area contributed by atoms with Crippen LogP contribution in [0.15, 0.2) is 194 Å². The monoisotopic (exact) mass is 678 g/mol. The van der Waals surface area contributed by atoms with Gasteiger partial charge in [-0.1, -0.05) is 153 Å². The lowest BCUT2D eigenvalue weighted by atomic mass is 9.78. The Morgan fingerprint density at radius 1 is 0.377 bits per heavy atom. The fourth-order valence-electron chi connectivity index (χ4n) is 8.41. The lowest BCUT2D eigenvalue weighted by Crippen LogP contribution is -2.19. The van der Waals surface area contributed by atoms with Gasteiger partial charge in [0.15, 0.2) is 0 Å². The number of para-hydroxylation sites is 2. The Bertz CT molecular complexity index is 2950. The summed E-state index contributed by atoms with van der Waals surface area (Å²) in [6, 6.07) is 71.1. The minimum atomic E-state index is -0.132. The molecule has 2 nitrogen and oxygen atoms in total. The topological polar surface area (TPSA) is 8.17 Å². The van der Waals surface area contributed by atoms with Gasteiger partial charge in [0.1, 0.15) is 0 Å². The van der Waals surface area contributed by atoms with Gasteiger partial charge >= 0.3 is 0 Å². The largest absolute Gasteiger partial charge is 0.310 e. The van der Waals surface area contributed by atoms with Gasteiger partial charge in [-0.3, -0.25) is 0 Å². The van der Waals surface area contributed by atoms with Gasteiger partial charge in [0.2, 0.25) is 0 Å². The predicted octanol–water partition coefficient (Wildman–Crippen LogP) is 14.0. The summed E-state index contributed by atoms with van der Waals surface area (Å²) in [6.07, 6.45) is 0. The molecule has 1 aromatic heterocycles. The number of aromatic nitrogens is 1. The summed E-state index contributed by atoms with van der Waals surface area (Å²) in [5.41, 5.74) is 9.33. The van der Waals surface area contributed by atoms with Gasteiger partial charge in [0.05, 0.1) is 11.0 Å². The average Bonchev–Trinajstić information content (AvgIpc) is 3.55. The molecule has 53 heavy (non-hydrogen) atoms. The molecule has 10 rings (SSSR count). The first kappa shape index (κ1) is 31.1. The minimum absolute atomic E-state index is 0.132. The summed E-state index contributed by atoms with van der Waals surface area (Å²) >= 11 is 0.